The Morgan fingerprint density at radius 3 is 1.83 bits per heavy atom. The van der Waals surface area contributed by atoms with Crippen molar-refractivity contribution in [3.63, 3.8) is 0 Å². The van der Waals surface area contributed by atoms with Crippen molar-refractivity contribution in [2.45, 2.75) is 46.5 Å². The summed E-state index contributed by atoms with van der Waals surface area (Å²) in [4.78, 5) is 0. The monoisotopic (exact) mass is 299 g/mol. The molecule has 0 aliphatic rings. The van der Waals surface area contributed by atoms with Gasteiger partial charge in [-0.3, -0.25) is 0 Å². The Hall–Kier alpha value is 1.34. The number of hydrogen-bond donors (Lipinski definition) is 1. The molecule has 0 bridgehead atoms. The largest absolute Gasteiger partial charge is 0.396 e. The maximum Gasteiger partial charge on any atom is 0.0430 e. The normalized spacial score (nSPS) is 10.8. The van der Waals surface area contributed by atoms with Crippen LogP contribution >= 0.6 is 0 Å². The summed E-state index contributed by atoms with van der Waals surface area (Å²) >= 11 is 0. The fourth-order valence-electron chi connectivity index (χ4n) is 0.362. The van der Waals surface area contributed by atoms with E-state index in [9.17, 15) is 0 Å². The van der Waals surface area contributed by atoms with Gasteiger partial charge in [0.1, 0.15) is 0 Å². The van der Waals surface area contributed by atoms with E-state index in [2.05, 4.69) is 27.7 Å². The summed E-state index contributed by atoms with van der Waals surface area (Å²) in [5.74, 6) is 0.824. The smallest absolute Gasteiger partial charge is 0.0430 e. The van der Waals surface area contributed by atoms with Crippen molar-refractivity contribution in [3.05, 3.63) is 6.92 Å². The van der Waals surface area contributed by atoms with Crippen LogP contribution in [0.2, 0.25) is 0 Å². The van der Waals surface area contributed by atoms with E-state index in [1.54, 1.807) is 0 Å². The van der Waals surface area contributed by atoms with E-state index in [0.717, 1.165) is 25.2 Å². The number of aliphatic hydroxyl groups excluding tert-OH is 1. The molecule has 0 amide bonds. The van der Waals surface area contributed by atoms with Crippen molar-refractivity contribution in [2.75, 3.05) is 6.61 Å². The minimum absolute atomic E-state index is 0. The van der Waals surface area contributed by atoms with Crippen molar-refractivity contribution in [2.24, 2.45) is 5.92 Å². The second-order valence-corrected chi connectivity index (χ2v) is 2.88. The maximum atomic E-state index is 8.07. The zero-order chi connectivity index (χ0) is 9.11. The molecule has 0 radical (unpaired) electrons. The number of unbranched alkanes of at least 4 members (excludes halogenated alkanes) is 1. The predicted molar refractivity (Wildman–Crippen MR) is 51.4 cm³/mol. The van der Waals surface area contributed by atoms with Crippen LogP contribution < -0.4 is 0 Å². The second kappa shape index (κ2) is 18.2. The summed E-state index contributed by atoms with van der Waals surface area (Å²) in [5.41, 5.74) is 0. The van der Waals surface area contributed by atoms with Gasteiger partial charge < -0.3 is 12.0 Å². The molecule has 0 heterocycles. The molecule has 1 atom stereocenters. The minimum Gasteiger partial charge on any atom is -0.396 e. The molecule has 0 aromatic rings. The van der Waals surface area contributed by atoms with Gasteiger partial charge in [-0.15, -0.1) is 0 Å². The average Bonchev–Trinajstić information content (AvgIpc) is 2.06. The second-order valence-electron chi connectivity index (χ2n) is 2.88. The summed E-state index contributed by atoms with van der Waals surface area (Å²) in [6.45, 7) is 10.6. The Bertz CT molecular complexity index is 51.8. The summed E-state index contributed by atoms with van der Waals surface area (Å²) in [5, 5.41) is 8.07. The quantitative estimate of drug-likeness (QED) is 0.791. The van der Waals surface area contributed by atoms with Gasteiger partial charge in [-0.05, 0) is 6.42 Å². The summed E-state index contributed by atoms with van der Waals surface area (Å²) < 4.78 is 0. The summed E-state index contributed by atoms with van der Waals surface area (Å²) in [6.07, 6.45) is 4.39. The molecule has 1 unspecified atom stereocenters. The summed E-state index contributed by atoms with van der Waals surface area (Å²) in [6, 6.07) is 0. The zero-order valence-corrected chi connectivity index (χ0v) is 11.9. The third-order valence-corrected chi connectivity index (χ3v) is 1.70. The Labute approximate surface area is 112 Å². The third kappa shape index (κ3) is 22.5. The van der Waals surface area contributed by atoms with E-state index < -0.39 is 0 Å². The van der Waals surface area contributed by atoms with Crippen molar-refractivity contribution in [3.8, 4) is 0 Å². The third-order valence-electron chi connectivity index (χ3n) is 1.70. The predicted octanol–water partition coefficient (Wildman–Crippen LogP) is 3.04. The summed E-state index contributed by atoms with van der Waals surface area (Å²) in [7, 11) is 0. The van der Waals surface area contributed by atoms with E-state index in [-0.39, 0.29) is 41.7 Å². The molecule has 2 heteroatoms. The molecule has 0 saturated heterocycles. The van der Waals surface area contributed by atoms with Crippen LogP contribution in [0.5, 0.6) is 0 Å². The molecule has 12 heavy (non-hydrogen) atoms. The Morgan fingerprint density at radius 2 is 1.83 bits per heavy atom. The van der Waals surface area contributed by atoms with Gasteiger partial charge in [0.25, 0.3) is 0 Å². The van der Waals surface area contributed by atoms with E-state index in [1.165, 1.54) is 6.42 Å². The van der Waals surface area contributed by atoms with Crippen LogP contribution in [0.25, 0.3) is 0 Å². The molecular formula is C10H23CeO-. The zero-order valence-electron chi connectivity index (χ0n) is 8.77. The molecule has 0 aromatic carbocycles. The maximum absolute atomic E-state index is 8.07. The average molecular weight is 299 g/mol. The molecule has 0 spiro atoms. The first-order valence-electron chi connectivity index (χ1n) is 4.62. The van der Waals surface area contributed by atoms with E-state index in [0.29, 0.717) is 6.61 Å². The van der Waals surface area contributed by atoms with Gasteiger partial charge in [0.05, 0.1) is 0 Å². The van der Waals surface area contributed by atoms with Crippen LogP contribution in [0.15, 0.2) is 0 Å². The van der Waals surface area contributed by atoms with Gasteiger partial charge in [0.15, 0.2) is 0 Å². The van der Waals surface area contributed by atoms with Crippen LogP contribution in [0, 0.1) is 54.6 Å². The van der Waals surface area contributed by atoms with Crippen LogP contribution in [-0.4, -0.2) is 11.7 Å². The molecule has 1 nitrogen and oxygen atoms in total. The standard InChI is InChI=1S/C6H13.C4H10O.Ce/c1-4-6(3)5-2;1-2-3-4-5;/h6H,1,4-5H2,2-3H3;5H,2-4H2,1H3;/q-1;;. The van der Waals surface area contributed by atoms with Crippen LogP contribution in [0.4, 0.5) is 0 Å². The molecule has 0 fully saturated rings. The van der Waals surface area contributed by atoms with Gasteiger partial charge in [-0.1, -0.05) is 39.5 Å². The Kier molecular flexibility index (Phi) is 28.8. The van der Waals surface area contributed by atoms with Crippen molar-refractivity contribution < 1.29 is 46.9 Å². The molecular weight excluding hydrogens is 276 g/mol. The Morgan fingerprint density at radius 1 is 1.33 bits per heavy atom. The van der Waals surface area contributed by atoms with Crippen LogP contribution in [0.1, 0.15) is 46.5 Å². The molecule has 0 saturated carbocycles. The minimum atomic E-state index is 0. The van der Waals surface area contributed by atoms with Gasteiger partial charge in [0, 0.05) is 48.4 Å². The number of rotatable bonds is 4. The van der Waals surface area contributed by atoms with E-state index in [1.807, 2.05) is 0 Å². The van der Waals surface area contributed by atoms with Crippen LogP contribution in [0.3, 0.4) is 0 Å². The molecule has 0 aromatic heterocycles. The molecule has 1 N–H and O–H groups in total. The molecule has 0 rings (SSSR count). The topological polar surface area (TPSA) is 20.2 Å². The van der Waals surface area contributed by atoms with Gasteiger partial charge in [-0.25, -0.2) is 0 Å². The van der Waals surface area contributed by atoms with E-state index >= 15 is 0 Å². The van der Waals surface area contributed by atoms with Crippen molar-refractivity contribution in [1.82, 2.24) is 0 Å². The van der Waals surface area contributed by atoms with Crippen molar-refractivity contribution in [1.29, 1.82) is 0 Å². The fraction of sp³-hybridized carbons (Fsp3) is 0.900. The first-order chi connectivity index (χ1) is 5.22. The Balaban J connectivity index is -0.000000126. The van der Waals surface area contributed by atoms with Gasteiger partial charge >= 0.3 is 0 Å². The van der Waals surface area contributed by atoms with Gasteiger partial charge in [-0.2, -0.15) is 6.42 Å². The molecule has 0 aliphatic carbocycles. The SMILES string of the molecule is CCCCO.[CH2-]CC(C)CC.[Ce]. The number of aliphatic hydroxyl groups is 1. The van der Waals surface area contributed by atoms with Crippen molar-refractivity contribution >= 4 is 0 Å². The fourth-order valence-corrected chi connectivity index (χ4v) is 0.362. The van der Waals surface area contributed by atoms with E-state index in [4.69, 9.17) is 5.11 Å². The first-order valence-corrected chi connectivity index (χ1v) is 4.62. The molecule has 74 valence electrons. The number of hydrogen-bond acceptors (Lipinski definition) is 1. The van der Waals surface area contributed by atoms with Crippen LogP contribution in [-0.2, 0) is 0 Å². The molecule has 0 aliphatic heterocycles. The van der Waals surface area contributed by atoms with Gasteiger partial charge in [0.2, 0.25) is 0 Å². The first kappa shape index (κ1) is 19.0.